The van der Waals surface area contributed by atoms with Crippen LogP contribution in [-0.2, 0) is 4.74 Å². The predicted octanol–water partition coefficient (Wildman–Crippen LogP) is 4.28. The van der Waals surface area contributed by atoms with Crippen molar-refractivity contribution in [3.63, 3.8) is 0 Å². The standard InChI is InChI=1S/C21H25NO4/c1-15(2)26-19-11-7-17(8-12-19)22-21(23)16-5-9-18(10-6-16)25-14-20-4-3-13-24-20/h5-12,15,20H,3-4,13-14H2,1-2H3,(H,22,23). The zero-order chi connectivity index (χ0) is 18.4. The van der Waals surface area contributed by atoms with Gasteiger partial charge in [0.25, 0.3) is 5.91 Å². The van der Waals surface area contributed by atoms with E-state index >= 15 is 0 Å². The van der Waals surface area contributed by atoms with Gasteiger partial charge in [-0.3, -0.25) is 4.79 Å². The van der Waals surface area contributed by atoms with Crippen LogP contribution >= 0.6 is 0 Å². The Morgan fingerprint density at radius 2 is 1.81 bits per heavy atom. The molecule has 1 saturated heterocycles. The molecule has 2 aromatic carbocycles. The van der Waals surface area contributed by atoms with E-state index in [9.17, 15) is 4.79 Å². The molecule has 1 aliphatic heterocycles. The van der Waals surface area contributed by atoms with E-state index < -0.39 is 0 Å². The molecular weight excluding hydrogens is 330 g/mol. The van der Waals surface area contributed by atoms with Crippen molar-refractivity contribution < 1.29 is 19.0 Å². The van der Waals surface area contributed by atoms with Gasteiger partial charge in [-0.25, -0.2) is 0 Å². The first-order chi connectivity index (χ1) is 12.6. The molecule has 5 heteroatoms. The number of carbonyl (C=O) groups is 1. The molecule has 1 amide bonds. The topological polar surface area (TPSA) is 56.8 Å². The van der Waals surface area contributed by atoms with Crippen LogP contribution in [0.4, 0.5) is 5.69 Å². The summed E-state index contributed by atoms with van der Waals surface area (Å²) in [6.45, 7) is 5.32. The van der Waals surface area contributed by atoms with Crippen LogP contribution in [0.5, 0.6) is 11.5 Å². The second kappa shape index (κ2) is 8.72. The fraction of sp³-hybridized carbons (Fsp3) is 0.381. The van der Waals surface area contributed by atoms with Crippen LogP contribution in [0, 0.1) is 0 Å². The van der Waals surface area contributed by atoms with Gasteiger partial charge in [0, 0.05) is 17.9 Å². The van der Waals surface area contributed by atoms with Crippen molar-refractivity contribution in [1.29, 1.82) is 0 Å². The van der Waals surface area contributed by atoms with Gasteiger partial charge in [0.05, 0.1) is 12.2 Å². The molecule has 0 saturated carbocycles. The maximum absolute atomic E-state index is 12.4. The molecule has 3 rings (SSSR count). The molecule has 1 fully saturated rings. The normalized spacial score (nSPS) is 16.5. The highest BCUT2D eigenvalue weighted by Crippen LogP contribution is 2.19. The molecule has 1 N–H and O–H groups in total. The first-order valence-electron chi connectivity index (χ1n) is 9.03. The molecule has 138 valence electrons. The number of benzene rings is 2. The highest BCUT2D eigenvalue weighted by atomic mass is 16.5. The molecule has 26 heavy (non-hydrogen) atoms. The number of anilines is 1. The van der Waals surface area contributed by atoms with Crippen molar-refractivity contribution in [2.24, 2.45) is 0 Å². The Hall–Kier alpha value is -2.53. The highest BCUT2D eigenvalue weighted by molar-refractivity contribution is 6.04. The first-order valence-corrected chi connectivity index (χ1v) is 9.03. The summed E-state index contributed by atoms with van der Waals surface area (Å²) in [6, 6.07) is 14.5. The third-order valence-electron chi connectivity index (χ3n) is 4.06. The lowest BCUT2D eigenvalue weighted by atomic mass is 10.2. The predicted molar refractivity (Wildman–Crippen MR) is 101 cm³/mol. The van der Waals surface area contributed by atoms with Crippen molar-refractivity contribution in [2.75, 3.05) is 18.5 Å². The fourth-order valence-corrected chi connectivity index (χ4v) is 2.76. The Labute approximate surface area is 154 Å². The number of ether oxygens (including phenoxy) is 3. The number of hydrogen-bond acceptors (Lipinski definition) is 4. The summed E-state index contributed by atoms with van der Waals surface area (Å²) in [5.74, 6) is 1.37. The highest BCUT2D eigenvalue weighted by Gasteiger charge is 2.16. The van der Waals surface area contributed by atoms with E-state index in [0.29, 0.717) is 12.2 Å². The van der Waals surface area contributed by atoms with Gasteiger partial charge in [0.2, 0.25) is 0 Å². The van der Waals surface area contributed by atoms with Crippen LogP contribution in [0.25, 0.3) is 0 Å². The van der Waals surface area contributed by atoms with E-state index in [1.54, 1.807) is 12.1 Å². The van der Waals surface area contributed by atoms with E-state index in [4.69, 9.17) is 14.2 Å². The van der Waals surface area contributed by atoms with Crippen LogP contribution in [-0.4, -0.2) is 31.3 Å². The average Bonchev–Trinajstić information content (AvgIpc) is 3.15. The zero-order valence-corrected chi connectivity index (χ0v) is 15.2. The number of rotatable bonds is 7. The number of carbonyl (C=O) groups excluding carboxylic acids is 1. The summed E-state index contributed by atoms with van der Waals surface area (Å²) in [5, 5.41) is 2.88. The maximum Gasteiger partial charge on any atom is 0.255 e. The van der Waals surface area contributed by atoms with Crippen LogP contribution < -0.4 is 14.8 Å². The summed E-state index contributed by atoms with van der Waals surface area (Å²) >= 11 is 0. The molecule has 1 aliphatic rings. The monoisotopic (exact) mass is 355 g/mol. The Bertz CT molecular complexity index is 704. The maximum atomic E-state index is 12.4. The lowest BCUT2D eigenvalue weighted by Crippen LogP contribution is -2.16. The number of nitrogens with one attached hydrogen (secondary N) is 1. The minimum absolute atomic E-state index is 0.122. The van der Waals surface area contributed by atoms with Gasteiger partial charge in [0.1, 0.15) is 18.1 Å². The average molecular weight is 355 g/mol. The minimum Gasteiger partial charge on any atom is -0.491 e. The lowest BCUT2D eigenvalue weighted by Gasteiger charge is -2.12. The second-order valence-electron chi connectivity index (χ2n) is 6.62. The quantitative estimate of drug-likeness (QED) is 0.805. The molecule has 0 aromatic heterocycles. The van der Waals surface area contributed by atoms with Crippen molar-refractivity contribution >= 4 is 11.6 Å². The fourth-order valence-electron chi connectivity index (χ4n) is 2.76. The Morgan fingerprint density at radius 3 is 2.42 bits per heavy atom. The Balaban J connectivity index is 1.52. The van der Waals surface area contributed by atoms with Gasteiger partial charge in [-0.15, -0.1) is 0 Å². The Morgan fingerprint density at radius 1 is 1.12 bits per heavy atom. The van der Waals surface area contributed by atoms with Crippen molar-refractivity contribution in [1.82, 2.24) is 0 Å². The van der Waals surface area contributed by atoms with E-state index in [1.165, 1.54) is 0 Å². The van der Waals surface area contributed by atoms with E-state index in [-0.39, 0.29) is 18.1 Å². The first kappa shape index (κ1) is 18.3. The second-order valence-corrected chi connectivity index (χ2v) is 6.62. The van der Waals surface area contributed by atoms with E-state index in [1.807, 2.05) is 50.2 Å². The molecule has 1 heterocycles. The largest absolute Gasteiger partial charge is 0.491 e. The van der Waals surface area contributed by atoms with Gasteiger partial charge < -0.3 is 19.5 Å². The van der Waals surface area contributed by atoms with Crippen LogP contribution in [0.15, 0.2) is 48.5 Å². The molecule has 1 unspecified atom stereocenters. The van der Waals surface area contributed by atoms with Gasteiger partial charge in [-0.05, 0) is 75.2 Å². The molecule has 1 atom stereocenters. The van der Waals surface area contributed by atoms with Gasteiger partial charge in [-0.1, -0.05) is 0 Å². The van der Waals surface area contributed by atoms with Crippen LogP contribution in [0.1, 0.15) is 37.0 Å². The summed E-state index contributed by atoms with van der Waals surface area (Å²) in [7, 11) is 0. The smallest absolute Gasteiger partial charge is 0.255 e. The molecule has 5 nitrogen and oxygen atoms in total. The minimum atomic E-state index is -0.159. The van der Waals surface area contributed by atoms with Gasteiger partial charge >= 0.3 is 0 Å². The van der Waals surface area contributed by atoms with E-state index in [2.05, 4.69) is 5.32 Å². The summed E-state index contributed by atoms with van der Waals surface area (Å²) in [5.41, 5.74) is 1.31. The third-order valence-corrected chi connectivity index (χ3v) is 4.06. The molecule has 0 aliphatic carbocycles. The molecule has 2 aromatic rings. The molecular formula is C21H25NO4. The van der Waals surface area contributed by atoms with Crippen LogP contribution in [0.2, 0.25) is 0 Å². The Kier molecular flexibility index (Phi) is 6.12. The van der Waals surface area contributed by atoms with Crippen molar-refractivity contribution in [3.8, 4) is 11.5 Å². The van der Waals surface area contributed by atoms with Crippen molar-refractivity contribution in [2.45, 2.75) is 38.9 Å². The summed E-state index contributed by atoms with van der Waals surface area (Å²) in [4.78, 5) is 12.4. The summed E-state index contributed by atoms with van der Waals surface area (Å²) in [6.07, 6.45) is 2.44. The van der Waals surface area contributed by atoms with Crippen molar-refractivity contribution in [3.05, 3.63) is 54.1 Å². The van der Waals surface area contributed by atoms with Gasteiger partial charge in [-0.2, -0.15) is 0 Å². The van der Waals surface area contributed by atoms with Crippen LogP contribution in [0.3, 0.4) is 0 Å². The lowest BCUT2D eigenvalue weighted by molar-refractivity contribution is 0.0679. The number of amides is 1. The van der Waals surface area contributed by atoms with Gasteiger partial charge in [0.15, 0.2) is 0 Å². The third kappa shape index (κ3) is 5.23. The molecule has 0 radical (unpaired) electrons. The van der Waals surface area contributed by atoms with E-state index in [0.717, 1.165) is 36.6 Å². The SMILES string of the molecule is CC(C)Oc1ccc(NC(=O)c2ccc(OCC3CCCO3)cc2)cc1. The molecule has 0 spiro atoms. The summed E-state index contributed by atoms with van der Waals surface area (Å²) < 4.78 is 16.8. The number of hydrogen-bond donors (Lipinski definition) is 1. The molecule has 0 bridgehead atoms. The zero-order valence-electron chi connectivity index (χ0n) is 15.2.